The van der Waals surface area contributed by atoms with Gasteiger partial charge in [0, 0.05) is 19.0 Å². The Balaban J connectivity index is 1.63. The molecule has 0 fully saturated rings. The number of carbonyl (C=O) groups is 2. The number of hydrogen-bond acceptors (Lipinski definition) is 6. The Labute approximate surface area is 187 Å². The lowest BCUT2D eigenvalue weighted by atomic mass is 9.90. The van der Waals surface area contributed by atoms with Gasteiger partial charge in [-0.15, -0.1) is 11.3 Å². The lowest BCUT2D eigenvalue weighted by Crippen LogP contribution is -2.27. The van der Waals surface area contributed by atoms with Crippen molar-refractivity contribution in [1.82, 2.24) is 10.3 Å². The van der Waals surface area contributed by atoms with Gasteiger partial charge in [-0.2, -0.15) is 5.10 Å². The Morgan fingerprint density at radius 3 is 2.81 bits per heavy atom. The lowest BCUT2D eigenvalue weighted by Gasteiger charge is -2.16. The van der Waals surface area contributed by atoms with Crippen molar-refractivity contribution < 1.29 is 19.1 Å². The molecule has 166 valence electrons. The van der Waals surface area contributed by atoms with Crippen LogP contribution < -0.4 is 14.9 Å². The number of benzene rings is 1. The first kappa shape index (κ1) is 22.8. The molecule has 0 aliphatic heterocycles. The summed E-state index contributed by atoms with van der Waals surface area (Å²) in [6, 6.07) is 7.28. The Kier molecular flexibility index (Phi) is 7.68. The number of nitrogens with zero attached hydrogens (tertiary/aromatic N) is 2. The van der Waals surface area contributed by atoms with Crippen molar-refractivity contribution in [1.29, 1.82) is 0 Å². The number of likely N-dealkylation sites (N-methyl/N-ethyl adjacent to an activating group) is 1. The second-order valence-corrected chi connectivity index (χ2v) is 8.96. The van der Waals surface area contributed by atoms with Gasteiger partial charge in [-0.05, 0) is 67.5 Å². The molecule has 1 unspecified atom stereocenters. The van der Waals surface area contributed by atoms with E-state index in [4.69, 9.17) is 9.47 Å². The predicted molar refractivity (Wildman–Crippen MR) is 122 cm³/mol. The van der Waals surface area contributed by atoms with Gasteiger partial charge < -0.3 is 14.4 Å². The number of rotatable bonds is 8. The maximum absolute atomic E-state index is 12.5. The average Bonchev–Trinajstić information content (AvgIpc) is 3.16. The van der Waals surface area contributed by atoms with Gasteiger partial charge >= 0.3 is 0 Å². The Morgan fingerprint density at radius 1 is 1.26 bits per heavy atom. The topological polar surface area (TPSA) is 80.2 Å². The van der Waals surface area contributed by atoms with E-state index in [1.165, 1.54) is 21.8 Å². The minimum Gasteiger partial charge on any atom is -0.490 e. The normalized spacial score (nSPS) is 15.4. The molecule has 7 nitrogen and oxygen atoms in total. The molecule has 1 N–H and O–H groups in total. The number of ether oxygens (including phenoxy) is 2. The van der Waals surface area contributed by atoms with Crippen LogP contribution in [0.2, 0.25) is 0 Å². The zero-order chi connectivity index (χ0) is 22.4. The number of hydrogen-bond donors (Lipinski definition) is 1. The van der Waals surface area contributed by atoms with Crippen molar-refractivity contribution in [3.05, 3.63) is 45.1 Å². The first-order chi connectivity index (χ1) is 14.9. The van der Waals surface area contributed by atoms with E-state index >= 15 is 0 Å². The van der Waals surface area contributed by atoms with E-state index < -0.39 is 0 Å². The molecule has 1 heterocycles. The lowest BCUT2D eigenvalue weighted by molar-refractivity contribution is -0.130. The summed E-state index contributed by atoms with van der Waals surface area (Å²) < 4.78 is 11.2. The van der Waals surface area contributed by atoms with Crippen LogP contribution >= 0.6 is 11.3 Å². The highest BCUT2D eigenvalue weighted by molar-refractivity contribution is 7.14. The highest BCUT2D eigenvalue weighted by Crippen LogP contribution is 2.32. The van der Waals surface area contributed by atoms with Crippen LogP contribution in [0.25, 0.3) is 0 Å². The molecule has 1 aliphatic rings. The van der Waals surface area contributed by atoms with E-state index in [-0.39, 0.29) is 18.4 Å². The minimum atomic E-state index is -0.199. The monoisotopic (exact) mass is 443 g/mol. The summed E-state index contributed by atoms with van der Waals surface area (Å²) in [4.78, 5) is 27.7. The molecule has 1 aromatic carbocycles. The van der Waals surface area contributed by atoms with Crippen LogP contribution in [-0.2, 0) is 17.6 Å². The summed E-state index contributed by atoms with van der Waals surface area (Å²) in [5, 5.41) is 4.09. The van der Waals surface area contributed by atoms with Crippen LogP contribution in [0.3, 0.4) is 0 Å². The van der Waals surface area contributed by atoms with Gasteiger partial charge in [0.1, 0.15) is 0 Å². The fourth-order valence-electron chi connectivity index (χ4n) is 3.30. The predicted octanol–water partition coefficient (Wildman–Crippen LogP) is 3.50. The third kappa shape index (κ3) is 6.07. The molecule has 1 aliphatic carbocycles. The van der Waals surface area contributed by atoms with Crippen molar-refractivity contribution in [2.45, 2.75) is 33.1 Å². The zero-order valence-corrected chi connectivity index (χ0v) is 19.3. The van der Waals surface area contributed by atoms with Gasteiger partial charge in [-0.1, -0.05) is 6.92 Å². The van der Waals surface area contributed by atoms with Crippen molar-refractivity contribution in [2.24, 2.45) is 11.0 Å². The number of hydrazone groups is 1. The molecule has 1 aromatic heterocycles. The molecule has 0 spiro atoms. The van der Waals surface area contributed by atoms with E-state index in [2.05, 4.69) is 17.5 Å². The largest absolute Gasteiger partial charge is 0.490 e. The average molecular weight is 444 g/mol. The minimum absolute atomic E-state index is 0.0693. The summed E-state index contributed by atoms with van der Waals surface area (Å²) in [5.74, 6) is 1.33. The summed E-state index contributed by atoms with van der Waals surface area (Å²) in [6.45, 7) is 4.51. The highest BCUT2D eigenvalue weighted by Gasteiger charge is 2.20. The molecular weight excluding hydrogens is 414 g/mol. The van der Waals surface area contributed by atoms with Crippen molar-refractivity contribution in [3.8, 4) is 11.5 Å². The third-order valence-electron chi connectivity index (χ3n) is 5.05. The molecule has 0 radical (unpaired) electrons. The maximum atomic E-state index is 12.5. The van der Waals surface area contributed by atoms with E-state index in [0.29, 0.717) is 28.9 Å². The molecule has 8 heteroatoms. The summed E-state index contributed by atoms with van der Waals surface area (Å²) in [5.41, 5.74) is 4.64. The molecule has 0 saturated carbocycles. The first-order valence-corrected chi connectivity index (χ1v) is 11.2. The molecule has 31 heavy (non-hydrogen) atoms. The molecule has 2 aromatic rings. The second-order valence-electron chi connectivity index (χ2n) is 7.82. The number of thiophene rings is 1. The third-order valence-corrected chi connectivity index (χ3v) is 6.29. The van der Waals surface area contributed by atoms with E-state index in [1.54, 1.807) is 49.8 Å². The van der Waals surface area contributed by atoms with Crippen LogP contribution in [0.5, 0.6) is 11.5 Å². The molecule has 2 amide bonds. The van der Waals surface area contributed by atoms with Gasteiger partial charge in [0.15, 0.2) is 18.1 Å². The molecule has 1 atom stereocenters. The van der Waals surface area contributed by atoms with Crippen LogP contribution in [0.15, 0.2) is 29.4 Å². The fraction of sp³-hybridized carbons (Fsp3) is 0.435. The van der Waals surface area contributed by atoms with Gasteiger partial charge in [0.25, 0.3) is 11.8 Å². The van der Waals surface area contributed by atoms with Crippen LogP contribution in [0.4, 0.5) is 0 Å². The smallest absolute Gasteiger partial charge is 0.281 e. The van der Waals surface area contributed by atoms with Crippen molar-refractivity contribution >= 4 is 29.4 Å². The molecule has 3 rings (SSSR count). The number of aryl methyl sites for hydroxylation is 1. The van der Waals surface area contributed by atoms with Crippen LogP contribution in [0.1, 0.15) is 45.9 Å². The number of nitrogens with one attached hydrogen (secondary N) is 1. The van der Waals surface area contributed by atoms with E-state index in [9.17, 15) is 9.59 Å². The Bertz CT molecular complexity index is 968. The summed E-state index contributed by atoms with van der Waals surface area (Å²) in [7, 11) is 3.35. The highest BCUT2D eigenvalue weighted by atomic mass is 32.1. The number of amides is 2. The Morgan fingerprint density at radius 2 is 2.06 bits per heavy atom. The molecule has 0 saturated heterocycles. The summed E-state index contributed by atoms with van der Waals surface area (Å²) in [6.07, 6.45) is 4.83. The van der Waals surface area contributed by atoms with Gasteiger partial charge in [-0.25, -0.2) is 5.43 Å². The molecule has 0 bridgehead atoms. The van der Waals surface area contributed by atoms with Gasteiger partial charge in [0.05, 0.1) is 17.7 Å². The van der Waals surface area contributed by atoms with Crippen molar-refractivity contribution in [3.63, 3.8) is 0 Å². The summed E-state index contributed by atoms with van der Waals surface area (Å²) >= 11 is 1.56. The first-order valence-electron chi connectivity index (χ1n) is 10.4. The Hall–Kier alpha value is -2.87. The number of carbonyl (C=O) groups excluding carboxylic acids is 2. The van der Waals surface area contributed by atoms with E-state index in [1.807, 2.05) is 13.0 Å². The number of fused-ring (bicyclic) bond motifs is 1. The second kappa shape index (κ2) is 10.4. The van der Waals surface area contributed by atoms with Crippen LogP contribution in [0, 0.1) is 5.92 Å². The quantitative estimate of drug-likeness (QED) is 0.500. The zero-order valence-electron chi connectivity index (χ0n) is 18.4. The van der Waals surface area contributed by atoms with Gasteiger partial charge in [0.2, 0.25) is 0 Å². The standard InChI is InChI=1S/C23H29N3O4S/c1-5-29-19-11-16(7-8-18(19)30-14-22(27)26(3)4)13-24-25-23(28)21-12-17-10-15(2)6-9-20(17)31-21/h7-8,11-13,15H,5-6,9-10,14H2,1-4H3,(H,25,28)/b24-13+. The molecular formula is C23H29N3O4S. The van der Waals surface area contributed by atoms with E-state index in [0.717, 1.165) is 18.4 Å². The fourth-order valence-corrected chi connectivity index (χ4v) is 4.40. The maximum Gasteiger partial charge on any atom is 0.281 e. The SMILES string of the molecule is CCOc1cc(/C=N/NC(=O)c2cc3c(s2)CCC(C)C3)ccc1OCC(=O)N(C)C. The van der Waals surface area contributed by atoms with Gasteiger partial charge in [-0.3, -0.25) is 9.59 Å². The van der Waals surface area contributed by atoms with Crippen LogP contribution in [-0.4, -0.2) is 50.2 Å². The van der Waals surface area contributed by atoms with Crippen molar-refractivity contribution in [2.75, 3.05) is 27.3 Å².